The minimum atomic E-state index is -1.17. The van der Waals surface area contributed by atoms with Gasteiger partial charge in [0.1, 0.15) is 17.4 Å². The number of hydrogen-bond donors (Lipinski definition) is 1. The highest BCUT2D eigenvalue weighted by Crippen LogP contribution is 2.60. The first-order chi connectivity index (χ1) is 19.3. The van der Waals surface area contributed by atoms with Crippen molar-refractivity contribution < 1.29 is 33.7 Å². The number of allylic oxidation sites excluding steroid dienone is 1. The fraction of sp³-hybridized carbons (Fsp3) is 0.567. The zero-order valence-corrected chi connectivity index (χ0v) is 24.6. The number of methoxy groups -OCH3 is 1. The molecule has 1 N–H and O–H groups in total. The summed E-state index contributed by atoms with van der Waals surface area (Å²) in [6.45, 7) is 8.38. The number of fused-ring (bicyclic) bond motifs is 1. The van der Waals surface area contributed by atoms with Gasteiger partial charge in [0, 0.05) is 30.2 Å². The Balaban J connectivity index is 1.69. The topological polar surface area (TPSA) is 106 Å². The van der Waals surface area contributed by atoms with Crippen LogP contribution in [0.25, 0.3) is 0 Å². The van der Waals surface area contributed by atoms with Crippen molar-refractivity contribution in [3.05, 3.63) is 49.6 Å². The van der Waals surface area contributed by atoms with E-state index in [2.05, 4.69) is 29.1 Å². The first kappa shape index (κ1) is 30.3. The second-order valence-corrected chi connectivity index (χ2v) is 11.7. The molecule has 6 atom stereocenters. The standard InChI is InChI=1S/C30H39BrN2O7/c1-4-6-10-18-39-29(37)23-24-27(35)33(16-8-7-9-17-34)26(30(24)19-22(31)25(23)40-30)28(36)32(15-5-2)20-11-13-21(38-3)14-12-20/h4-5,11-14,22-26,34H,1-2,6-10,15-19H2,3H3/t22?,23-,24-,25-,26?,30?/m0/s1. The van der Waals surface area contributed by atoms with Crippen LogP contribution in [0.5, 0.6) is 5.75 Å². The van der Waals surface area contributed by atoms with Gasteiger partial charge in [0.2, 0.25) is 5.91 Å². The van der Waals surface area contributed by atoms with Gasteiger partial charge in [-0.05, 0) is 62.8 Å². The van der Waals surface area contributed by atoms with Crippen LogP contribution in [0.4, 0.5) is 5.69 Å². The SMILES string of the molecule is C=CCCCOC(=O)[C@H]1[C@H]2C(=O)N(CCCCCO)C(C(=O)N(CC=C)c3ccc(OC)cc3)C23CC(Br)[C@@H]1O3. The van der Waals surface area contributed by atoms with E-state index in [1.807, 2.05) is 0 Å². The van der Waals surface area contributed by atoms with Crippen molar-refractivity contribution in [1.29, 1.82) is 0 Å². The number of carbonyl (C=O) groups is 3. The van der Waals surface area contributed by atoms with Gasteiger partial charge in [-0.1, -0.05) is 28.1 Å². The number of amides is 2. The summed E-state index contributed by atoms with van der Waals surface area (Å²) in [7, 11) is 1.57. The Morgan fingerprint density at radius 2 is 1.95 bits per heavy atom. The number of ether oxygens (including phenoxy) is 3. The van der Waals surface area contributed by atoms with Gasteiger partial charge >= 0.3 is 5.97 Å². The number of alkyl halides is 1. The molecule has 0 radical (unpaired) electrons. The summed E-state index contributed by atoms with van der Waals surface area (Å²) in [4.78, 5) is 44.9. The van der Waals surface area contributed by atoms with Gasteiger partial charge in [0.05, 0.1) is 31.7 Å². The molecule has 2 bridgehead atoms. The maximum Gasteiger partial charge on any atom is 0.312 e. The Kier molecular flexibility index (Phi) is 10.1. The van der Waals surface area contributed by atoms with Crippen LogP contribution in [0.3, 0.4) is 0 Å². The van der Waals surface area contributed by atoms with E-state index in [1.54, 1.807) is 53.3 Å². The van der Waals surface area contributed by atoms with Crippen molar-refractivity contribution in [2.75, 3.05) is 38.3 Å². The van der Waals surface area contributed by atoms with Crippen molar-refractivity contribution >= 4 is 39.4 Å². The van der Waals surface area contributed by atoms with Gasteiger partial charge in [0.25, 0.3) is 5.91 Å². The lowest BCUT2D eigenvalue weighted by molar-refractivity contribution is -0.155. The summed E-state index contributed by atoms with van der Waals surface area (Å²) < 4.78 is 17.4. The van der Waals surface area contributed by atoms with Crippen molar-refractivity contribution in [3.63, 3.8) is 0 Å². The summed E-state index contributed by atoms with van der Waals surface area (Å²) in [6, 6.07) is 6.21. The van der Waals surface area contributed by atoms with Gasteiger partial charge in [0.15, 0.2) is 0 Å². The van der Waals surface area contributed by atoms with Crippen LogP contribution in [0.15, 0.2) is 49.6 Å². The van der Waals surface area contributed by atoms with E-state index in [9.17, 15) is 19.5 Å². The lowest BCUT2D eigenvalue weighted by Crippen LogP contribution is -2.57. The fourth-order valence-electron chi connectivity index (χ4n) is 6.35. The number of aliphatic hydroxyl groups is 1. The zero-order valence-electron chi connectivity index (χ0n) is 23.0. The number of carbonyl (C=O) groups excluding carboxylic acids is 3. The van der Waals surface area contributed by atoms with Crippen LogP contribution in [0.1, 0.15) is 38.5 Å². The summed E-state index contributed by atoms with van der Waals surface area (Å²) in [5.74, 6) is -1.98. The Labute approximate surface area is 244 Å². The molecule has 0 aliphatic carbocycles. The van der Waals surface area contributed by atoms with Gasteiger partial charge < -0.3 is 29.1 Å². The quantitative estimate of drug-likeness (QED) is 0.138. The van der Waals surface area contributed by atoms with E-state index in [-0.39, 0.29) is 36.4 Å². The molecule has 3 saturated heterocycles. The Hall–Kier alpha value is -2.69. The summed E-state index contributed by atoms with van der Waals surface area (Å²) in [5.41, 5.74) is -0.528. The fourth-order valence-corrected chi connectivity index (χ4v) is 7.29. The van der Waals surface area contributed by atoms with E-state index in [0.717, 1.165) is 0 Å². The van der Waals surface area contributed by atoms with Crippen molar-refractivity contribution in [1.82, 2.24) is 4.90 Å². The molecular weight excluding hydrogens is 580 g/mol. The van der Waals surface area contributed by atoms with Crippen LogP contribution in [0, 0.1) is 11.8 Å². The third-order valence-electron chi connectivity index (χ3n) is 8.11. The highest BCUT2D eigenvalue weighted by Gasteiger charge is 2.77. The molecule has 4 rings (SSSR count). The molecule has 1 aromatic carbocycles. The van der Waals surface area contributed by atoms with E-state index in [4.69, 9.17) is 14.2 Å². The first-order valence-corrected chi connectivity index (χ1v) is 14.8. The highest BCUT2D eigenvalue weighted by molar-refractivity contribution is 9.09. The summed E-state index contributed by atoms with van der Waals surface area (Å²) in [5, 5.41) is 9.25. The molecule has 3 heterocycles. The van der Waals surface area contributed by atoms with Crippen molar-refractivity contribution in [3.8, 4) is 5.75 Å². The smallest absolute Gasteiger partial charge is 0.312 e. The number of unbranched alkanes of at least 4 members (excludes halogenated alkanes) is 3. The minimum Gasteiger partial charge on any atom is -0.497 e. The Morgan fingerprint density at radius 3 is 2.60 bits per heavy atom. The average molecular weight is 620 g/mol. The molecule has 1 aromatic rings. The minimum absolute atomic E-state index is 0.0588. The van der Waals surface area contributed by atoms with Gasteiger partial charge in [-0.15, -0.1) is 13.2 Å². The zero-order chi connectivity index (χ0) is 28.9. The molecule has 0 aromatic heterocycles. The van der Waals surface area contributed by atoms with Crippen LogP contribution < -0.4 is 9.64 Å². The third kappa shape index (κ3) is 5.58. The monoisotopic (exact) mass is 618 g/mol. The van der Waals surface area contributed by atoms with Crippen LogP contribution in [-0.4, -0.2) is 83.8 Å². The van der Waals surface area contributed by atoms with Crippen LogP contribution >= 0.6 is 15.9 Å². The van der Waals surface area contributed by atoms with Crippen LogP contribution in [0.2, 0.25) is 0 Å². The van der Waals surface area contributed by atoms with Crippen molar-refractivity contribution in [2.45, 2.75) is 61.1 Å². The molecule has 10 heteroatoms. The molecular formula is C30H39BrN2O7. The lowest BCUT2D eigenvalue weighted by Gasteiger charge is -2.37. The molecule has 0 saturated carbocycles. The number of hydrogen-bond acceptors (Lipinski definition) is 7. The number of rotatable bonds is 15. The predicted octanol–water partition coefficient (Wildman–Crippen LogP) is 3.63. The largest absolute Gasteiger partial charge is 0.497 e. The molecule has 3 aliphatic rings. The molecule has 3 fully saturated rings. The molecule has 3 unspecified atom stereocenters. The molecule has 9 nitrogen and oxygen atoms in total. The molecule has 40 heavy (non-hydrogen) atoms. The van der Waals surface area contributed by atoms with E-state index >= 15 is 0 Å². The summed E-state index contributed by atoms with van der Waals surface area (Å²) in [6.07, 6.45) is 6.53. The van der Waals surface area contributed by atoms with E-state index in [1.165, 1.54) is 0 Å². The Morgan fingerprint density at radius 1 is 1.20 bits per heavy atom. The highest BCUT2D eigenvalue weighted by atomic mass is 79.9. The molecule has 2 amide bonds. The normalized spacial score (nSPS) is 28.3. The van der Waals surface area contributed by atoms with E-state index < -0.39 is 35.6 Å². The first-order valence-electron chi connectivity index (χ1n) is 13.9. The number of esters is 1. The van der Waals surface area contributed by atoms with Gasteiger partial charge in [-0.3, -0.25) is 14.4 Å². The average Bonchev–Trinajstić information content (AvgIpc) is 3.55. The third-order valence-corrected chi connectivity index (χ3v) is 8.96. The van der Waals surface area contributed by atoms with Crippen LogP contribution in [-0.2, 0) is 23.9 Å². The predicted molar refractivity (Wildman–Crippen MR) is 154 cm³/mol. The number of nitrogens with zero attached hydrogens (tertiary/aromatic N) is 2. The number of anilines is 1. The number of benzene rings is 1. The Bertz CT molecular complexity index is 1100. The second-order valence-electron chi connectivity index (χ2n) is 10.5. The van der Waals surface area contributed by atoms with Gasteiger partial charge in [-0.2, -0.15) is 0 Å². The van der Waals surface area contributed by atoms with Crippen molar-refractivity contribution in [2.24, 2.45) is 11.8 Å². The number of aliphatic hydroxyl groups excluding tert-OH is 1. The molecule has 3 aliphatic heterocycles. The number of halogens is 1. The molecule has 1 spiro atoms. The van der Waals surface area contributed by atoms with E-state index in [0.29, 0.717) is 56.5 Å². The molecule has 218 valence electrons. The number of likely N-dealkylation sites (tertiary alicyclic amines) is 1. The maximum atomic E-state index is 14.5. The summed E-state index contributed by atoms with van der Waals surface area (Å²) >= 11 is 3.69. The second kappa shape index (κ2) is 13.3. The van der Waals surface area contributed by atoms with Gasteiger partial charge in [-0.25, -0.2) is 0 Å². The maximum absolute atomic E-state index is 14.5. The lowest BCUT2D eigenvalue weighted by atomic mass is 9.70.